The van der Waals surface area contributed by atoms with Crippen LogP contribution in [0, 0.1) is 0 Å². The molecular formula is C9H22INO3. The number of halogens is 1. The summed E-state index contributed by atoms with van der Waals surface area (Å²) in [5.41, 5.74) is 0. The van der Waals surface area contributed by atoms with Gasteiger partial charge in [-0.1, -0.05) is 13.3 Å². The second-order valence-electron chi connectivity index (χ2n) is 3.86. The third-order valence-corrected chi connectivity index (χ3v) is 1.22. The van der Waals surface area contributed by atoms with Gasteiger partial charge in [0.25, 0.3) is 0 Å². The van der Waals surface area contributed by atoms with E-state index in [1.807, 2.05) is 0 Å². The van der Waals surface area contributed by atoms with Crippen LogP contribution in [0.1, 0.15) is 19.8 Å². The minimum atomic E-state index is -0.961. The highest BCUT2D eigenvalue weighted by Crippen LogP contribution is 1.84. The van der Waals surface area contributed by atoms with Crippen LogP contribution in [-0.4, -0.2) is 49.9 Å². The molecule has 0 aliphatic rings. The summed E-state index contributed by atoms with van der Waals surface area (Å²) in [4.78, 5) is 9.49. The number of carboxylic acid groups (broad SMARTS) is 1. The molecule has 0 radical (unpaired) electrons. The van der Waals surface area contributed by atoms with Crippen molar-refractivity contribution in [3.8, 4) is 0 Å². The highest BCUT2D eigenvalue weighted by atomic mass is 127. The van der Waals surface area contributed by atoms with Gasteiger partial charge in [-0.25, -0.2) is 0 Å². The normalized spacial score (nSPS) is 9.50. The van der Waals surface area contributed by atoms with Crippen LogP contribution >= 0.6 is 24.0 Å². The average molecular weight is 319 g/mol. The molecule has 0 fully saturated rings. The fourth-order valence-corrected chi connectivity index (χ4v) is 0.504. The molecule has 0 atom stereocenters. The fraction of sp³-hybridized carbons (Fsp3) is 0.889. The number of quaternary nitrogens is 1. The van der Waals surface area contributed by atoms with Gasteiger partial charge in [0.1, 0.15) is 6.54 Å². The van der Waals surface area contributed by atoms with Gasteiger partial charge in [0.05, 0.1) is 27.7 Å². The van der Waals surface area contributed by atoms with Crippen LogP contribution in [-0.2, 0) is 4.79 Å². The number of rotatable bonds is 4. The van der Waals surface area contributed by atoms with Crippen LogP contribution in [0.3, 0.4) is 0 Å². The van der Waals surface area contributed by atoms with Gasteiger partial charge in [-0.3, -0.25) is 0 Å². The van der Waals surface area contributed by atoms with Crippen molar-refractivity contribution in [2.45, 2.75) is 19.8 Å². The average Bonchev–Trinajstić information content (AvgIpc) is 1.84. The molecule has 0 heterocycles. The van der Waals surface area contributed by atoms with Crippen molar-refractivity contribution in [1.29, 1.82) is 0 Å². The van der Waals surface area contributed by atoms with Gasteiger partial charge in [-0.05, 0) is 6.42 Å². The summed E-state index contributed by atoms with van der Waals surface area (Å²) in [6.07, 6.45) is 0.850. The first-order valence-electron chi connectivity index (χ1n) is 4.44. The van der Waals surface area contributed by atoms with Crippen molar-refractivity contribution < 1.29 is 19.5 Å². The molecular weight excluding hydrogens is 297 g/mol. The summed E-state index contributed by atoms with van der Waals surface area (Å²) in [6, 6.07) is 0. The Morgan fingerprint density at radius 1 is 1.36 bits per heavy atom. The van der Waals surface area contributed by atoms with Crippen LogP contribution in [0.4, 0.5) is 0 Å². The molecule has 0 aromatic heterocycles. The highest BCUT2D eigenvalue weighted by Gasteiger charge is 2.02. The zero-order valence-corrected chi connectivity index (χ0v) is 11.8. The summed E-state index contributed by atoms with van der Waals surface area (Å²) >= 11 is 0. The van der Waals surface area contributed by atoms with Gasteiger partial charge in [-0.2, -0.15) is 0 Å². The summed E-state index contributed by atoms with van der Waals surface area (Å²) in [7, 11) is 6.16. The van der Waals surface area contributed by atoms with Crippen LogP contribution < -0.4 is 5.11 Å². The predicted octanol–water partition coefficient (Wildman–Crippen LogP) is -0.161. The maximum Gasteiger partial charge on any atom is 0.101 e. The first kappa shape index (κ1) is 19.7. The van der Waals surface area contributed by atoms with Crippen LogP contribution in [0.15, 0.2) is 0 Å². The smallest absolute Gasteiger partial charge is 0.101 e. The molecule has 0 unspecified atom stereocenters. The Morgan fingerprint density at radius 3 is 1.79 bits per heavy atom. The van der Waals surface area contributed by atoms with Crippen molar-refractivity contribution in [3.63, 3.8) is 0 Å². The zero-order chi connectivity index (χ0) is 10.9. The molecule has 0 aromatic rings. The van der Waals surface area contributed by atoms with E-state index < -0.39 is 5.97 Å². The lowest BCUT2D eigenvalue weighted by molar-refractivity contribution is -0.870. The molecule has 1 N–H and O–H groups in total. The van der Waals surface area contributed by atoms with Crippen molar-refractivity contribution in [2.24, 2.45) is 0 Å². The molecule has 0 aliphatic heterocycles. The zero-order valence-electron chi connectivity index (χ0n) is 9.45. The molecule has 0 aromatic carbocycles. The largest absolute Gasteiger partial charge is 0.550 e. The van der Waals surface area contributed by atoms with E-state index >= 15 is 0 Å². The van der Waals surface area contributed by atoms with Crippen molar-refractivity contribution in [3.05, 3.63) is 0 Å². The maximum absolute atomic E-state index is 9.49. The molecule has 0 bridgehead atoms. The molecule has 0 amide bonds. The van der Waals surface area contributed by atoms with E-state index in [0.29, 0.717) is 6.42 Å². The number of aliphatic hydroxyl groups is 1. The number of nitrogens with zero attached hydrogens (tertiary/aromatic N) is 1. The Labute approximate surface area is 104 Å². The van der Waals surface area contributed by atoms with Gasteiger partial charge < -0.3 is 19.5 Å². The summed E-state index contributed by atoms with van der Waals surface area (Å²) in [5, 5.41) is 17.9. The lowest BCUT2D eigenvalue weighted by Gasteiger charge is -2.21. The van der Waals surface area contributed by atoms with Gasteiger partial charge >= 0.3 is 0 Å². The second kappa shape index (κ2) is 11.2. The van der Waals surface area contributed by atoms with E-state index in [1.165, 1.54) is 0 Å². The first-order chi connectivity index (χ1) is 5.83. The van der Waals surface area contributed by atoms with E-state index in [0.717, 1.165) is 11.0 Å². The summed E-state index contributed by atoms with van der Waals surface area (Å²) in [5.74, 6) is -0.961. The Kier molecular flexibility index (Phi) is 15.7. The quantitative estimate of drug-likeness (QED) is 0.579. The number of likely N-dealkylation sites (N-methyl/N-ethyl adjacent to an activating group) is 1. The summed E-state index contributed by atoms with van der Waals surface area (Å²) < 4.78 is 0.844. The van der Waals surface area contributed by atoms with Crippen molar-refractivity contribution in [1.82, 2.24) is 0 Å². The molecule has 14 heavy (non-hydrogen) atoms. The third kappa shape index (κ3) is 29.6. The van der Waals surface area contributed by atoms with E-state index in [-0.39, 0.29) is 37.0 Å². The molecule has 0 spiro atoms. The molecule has 5 heteroatoms. The van der Waals surface area contributed by atoms with Crippen LogP contribution in [0.25, 0.3) is 0 Å². The molecule has 0 rings (SSSR count). The number of hydrogen-bond donors (Lipinski definition) is 1. The standard InChI is InChI=1S/C5H14NO.C4H8O2.HI/c1-6(2,3)4-5-7;1-2-3-4(5)6;/h7H,4-5H2,1-3H3;2-3H2,1H3,(H,5,6);1H/q+1;;/p-1. The van der Waals surface area contributed by atoms with E-state index in [4.69, 9.17) is 5.11 Å². The van der Waals surface area contributed by atoms with E-state index in [2.05, 4.69) is 21.1 Å². The van der Waals surface area contributed by atoms with Gasteiger partial charge in [0.2, 0.25) is 0 Å². The molecule has 0 saturated heterocycles. The van der Waals surface area contributed by atoms with Gasteiger partial charge in [0, 0.05) is 5.97 Å². The Bertz CT molecular complexity index is 135. The minimum absolute atomic E-state index is 0. The maximum atomic E-state index is 9.49. The van der Waals surface area contributed by atoms with Crippen molar-refractivity contribution in [2.75, 3.05) is 34.3 Å². The van der Waals surface area contributed by atoms with Gasteiger partial charge in [-0.15, -0.1) is 24.0 Å². The predicted molar refractivity (Wildman–Crippen MR) is 65.3 cm³/mol. The van der Waals surface area contributed by atoms with Crippen LogP contribution in [0.2, 0.25) is 0 Å². The monoisotopic (exact) mass is 319 g/mol. The highest BCUT2D eigenvalue weighted by molar-refractivity contribution is 14.0. The minimum Gasteiger partial charge on any atom is -0.550 e. The molecule has 88 valence electrons. The molecule has 4 nitrogen and oxygen atoms in total. The van der Waals surface area contributed by atoms with Crippen LogP contribution in [0.5, 0.6) is 0 Å². The van der Waals surface area contributed by atoms with Crippen molar-refractivity contribution >= 4 is 29.9 Å². The summed E-state index contributed by atoms with van der Waals surface area (Å²) in [6.45, 7) is 2.92. The third-order valence-electron chi connectivity index (χ3n) is 1.22. The van der Waals surface area contributed by atoms with E-state index in [9.17, 15) is 9.90 Å². The number of carboxylic acids is 1. The topological polar surface area (TPSA) is 60.4 Å². The Hall–Kier alpha value is 0.120. The number of aliphatic carboxylic acids is 1. The van der Waals surface area contributed by atoms with Gasteiger partial charge in [0.15, 0.2) is 0 Å². The lowest BCUT2D eigenvalue weighted by atomic mass is 10.4. The fourth-order valence-electron chi connectivity index (χ4n) is 0.504. The van der Waals surface area contributed by atoms with E-state index in [1.54, 1.807) is 6.92 Å². The molecule has 0 saturated carbocycles. The number of aliphatic hydroxyl groups excluding tert-OH is 1. The Balaban J connectivity index is -0.000000163. The number of carbonyl (C=O) groups is 1. The lowest BCUT2D eigenvalue weighted by Crippen LogP contribution is -2.36. The second-order valence-corrected chi connectivity index (χ2v) is 3.86. The SMILES string of the molecule is CCCC(=O)[O-].C[N+](C)(C)CCO.I. The number of hydrogen-bond acceptors (Lipinski definition) is 3. The first-order valence-corrected chi connectivity index (χ1v) is 4.44. The molecule has 0 aliphatic carbocycles. The Morgan fingerprint density at radius 2 is 1.79 bits per heavy atom. The number of carbonyl (C=O) groups excluding carboxylic acids is 1.